The third kappa shape index (κ3) is 14.8. The minimum absolute atomic E-state index is 1.17. The standard InChI is InChI=1S/C10H19N2.4ClH.Fe/c1-3-4-5-6-7-12-9-8-11(2)10-12;;;;;/h8-10H,3-7H2,1-2H3;4*1H;/q+1;;;;;+4/p-4. The quantitative estimate of drug-likeness (QED) is 0.408. The third-order valence-corrected chi connectivity index (χ3v) is 2.09. The fourth-order valence-electron chi connectivity index (χ4n) is 1.36. The first-order valence-corrected chi connectivity index (χ1v) is 11.4. The van der Waals surface area contributed by atoms with Crippen LogP contribution in [0.15, 0.2) is 18.7 Å². The molecular weight excluding hydrogens is 346 g/mol. The Balaban J connectivity index is 0.000000437. The Morgan fingerprint density at radius 3 is 2.12 bits per heavy atom. The summed E-state index contributed by atoms with van der Waals surface area (Å²) < 4.78 is 4.33. The topological polar surface area (TPSA) is 8.81 Å². The zero-order chi connectivity index (χ0) is 13.3. The molecule has 0 fully saturated rings. The first-order chi connectivity index (χ1) is 7.83. The normalized spacial score (nSPS) is 11.9. The molecule has 17 heavy (non-hydrogen) atoms. The van der Waals surface area contributed by atoms with E-state index in [1.165, 1.54) is 32.2 Å². The second-order valence-electron chi connectivity index (χ2n) is 3.68. The first kappa shape index (κ1) is 17.9. The minimum atomic E-state index is -2.61. The van der Waals surface area contributed by atoms with Crippen molar-refractivity contribution in [1.82, 2.24) is 4.57 Å². The van der Waals surface area contributed by atoms with Gasteiger partial charge in [-0.1, -0.05) is 19.8 Å². The predicted molar refractivity (Wildman–Crippen MR) is 73.2 cm³/mol. The maximum absolute atomic E-state index is 4.95. The number of rotatable bonds is 5. The zero-order valence-electron chi connectivity index (χ0n) is 10.0. The van der Waals surface area contributed by atoms with Crippen LogP contribution in [0.2, 0.25) is 0 Å². The Labute approximate surface area is 123 Å². The molecule has 0 N–H and O–H groups in total. The van der Waals surface area contributed by atoms with Crippen molar-refractivity contribution >= 4 is 40.4 Å². The van der Waals surface area contributed by atoms with E-state index in [9.17, 15) is 0 Å². The Hall–Kier alpha value is 0.889. The molecule has 0 atom stereocenters. The van der Waals surface area contributed by atoms with Crippen LogP contribution in [-0.4, -0.2) is 4.57 Å². The molecule has 0 spiro atoms. The number of aryl methyl sites for hydroxylation is 2. The molecule has 0 aliphatic carbocycles. The van der Waals surface area contributed by atoms with Gasteiger partial charge in [-0.2, -0.15) is 0 Å². The summed E-state index contributed by atoms with van der Waals surface area (Å²) in [5.74, 6) is 0. The molecule has 0 saturated heterocycles. The van der Waals surface area contributed by atoms with E-state index in [2.05, 4.69) is 41.8 Å². The van der Waals surface area contributed by atoms with Gasteiger partial charge >= 0.3 is 49.6 Å². The summed E-state index contributed by atoms with van der Waals surface area (Å²) in [4.78, 5) is 0. The molecule has 2 nitrogen and oxygen atoms in total. The summed E-state index contributed by atoms with van der Waals surface area (Å²) in [6.45, 7) is 3.41. The van der Waals surface area contributed by atoms with E-state index >= 15 is 0 Å². The molecule has 1 aromatic heterocycles. The maximum atomic E-state index is 4.95. The third-order valence-electron chi connectivity index (χ3n) is 2.09. The molecule has 1 rings (SSSR count). The van der Waals surface area contributed by atoms with Crippen molar-refractivity contribution in [3.63, 3.8) is 0 Å². The fraction of sp³-hybridized carbons (Fsp3) is 0.700. The molecule has 0 aliphatic heterocycles. The van der Waals surface area contributed by atoms with E-state index in [0.29, 0.717) is 0 Å². The van der Waals surface area contributed by atoms with Crippen LogP contribution < -0.4 is 4.57 Å². The van der Waals surface area contributed by atoms with Crippen LogP contribution in [0.5, 0.6) is 0 Å². The average Bonchev–Trinajstić information content (AvgIpc) is 2.56. The van der Waals surface area contributed by atoms with E-state index in [-0.39, 0.29) is 0 Å². The summed E-state index contributed by atoms with van der Waals surface area (Å²) in [5.41, 5.74) is 0. The van der Waals surface area contributed by atoms with Crippen LogP contribution in [0.25, 0.3) is 0 Å². The van der Waals surface area contributed by atoms with E-state index in [4.69, 9.17) is 40.4 Å². The van der Waals surface area contributed by atoms with Gasteiger partial charge in [0.1, 0.15) is 12.4 Å². The number of imidazole rings is 1. The van der Waals surface area contributed by atoms with Crippen LogP contribution in [0, 0.1) is 0 Å². The Bertz CT molecular complexity index is 293. The monoisotopic (exact) mass is 363 g/mol. The van der Waals surface area contributed by atoms with Gasteiger partial charge in [-0.05, 0) is 12.8 Å². The molecular formula is C10H19Cl4FeN2+. The predicted octanol–water partition coefficient (Wildman–Crippen LogP) is 4.65. The molecule has 0 amide bonds. The SMILES string of the molecule is CCCCCC[n+]1ccn(C)c1.[Cl][Fe]([Cl])([Cl])[Cl]. The van der Waals surface area contributed by atoms with Gasteiger partial charge in [0, 0.05) is 0 Å². The summed E-state index contributed by atoms with van der Waals surface area (Å²) in [6.07, 6.45) is 11.7. The van der Waals surface area contributed by atoms with Gasteiger partial charge in [-0.3, -0.25) is 0 Å². The van der Waals surface area contributed by atoms with E-state index in [0.717, 1.165) is 0 Å². The number of nitrogens with zero attached hydrogens (tertiary/aromatic N) is 2. The molecule has 0 aliphatic rings. The summed E-state index contributed by atoms with van der Waals surface area (Å²) >= 11 is 0. The summed E-state index contributed by atoms with van der Waals surface area (Å²) in [5, 5.41) is 0. The molecule has 0 saturated carbocycles. The summed E-state index contributed by atoms with van der Waals surface area (Å²) in [6, 6.07) is 0. The molecule has 7 heteroatoms. The van der Waals surface area contributed by atoms with Gasteiger partial charge < -0.3 is 0 Å². The molecule has 1 heterocycles. The Morgan fingerprint density at radius 1 is 1.12 bits per heavy atom. The Morgan fingerprint density at radius 2 is 1.71 bits per heavy atom. The number of aromatic nitrogens is 2. The van der Waals surface area contributed by atoms with Crippen molar-refractivity contribution in [2.24, 2.45) is 7.05 Å². The first-order valence-electron chi connectivity index (χ1n) is 5.37. The van der Waals surface area contributed by atoms with Crippen molar-refractivity contribution in [3.05, 3.63) is 18.7 Å². The van der Waals surface area contributed by atoms with Crippen LogP contribution in [0.3, 0.4) is 0 Å². The van der Waals surface area contributed by atoms with Crippen molar-refractivity contribution < 1.29 is 13.8 Å². The molecule has 0 radical (unpaired) electrons. The van der Waals surface area contributed by atoms with Crippen LogP contribution in [0.1, 0.15) is 32.6 Å². The van der Waals surface area contributed by atoms with Crippen molar-refractivity contribution in [3.8, 4) is 0 Å². The van der Waals surface area contributed by atoms with Crippen LogP contribution in [-0.2, 0) is 22.8 Å². The average molecular weight is 365 g/mol. The zero-order valence-corrected chi connectivity index (χ0v) is 14.2. The van der Waals surface area contributed by atoms with Crippen LogP contribution in [0.4, 0.5) is 0 Å². The van der Waals surface area contributed by atoms with E-state index in [1.807, 2.05) is 0 Å². The molecule has 0 bridgehead atoms. The number of unbranched alkanes of at least 4 members (excludes halogenated alkanes) is 3. The van der Waals surface area contributed by atoms with Gasteiger partial charge in [-0.15, -0.1) is 0 Å². The van der Waals surface area contributed by atoms with Crippen molar-refractivity contribution in [2.75, 3.05) is 0 Å². The number of hydrogen-bond acceptors (Lipinski definition) is 0. The molecule has 104 valence electrons. The Kier molecular flexibility index (Phi) is 10.3. The molecule has 0 unspecified atom stereocenters. The van der Waals surface area contributed by atoms with Crippen molar-refractivity contribution in [1.29, 1.82) is 0 Å². The van der Waals surface area contributed by atoms with Gasteiger partial charge in [0.05, 0.1) is 13.6 Å². The van der Waals surface area contributed by atoms with Crippen molar-refractivity contribution in [2.45, 2.75) is 39.2 Å². The van der Waals surface area contributed by atoms with Crippen LogP contribution >= 0.6 is 40.4 Å². The second kappa shape index (κ2) is 9.77. The van der Waals surface area contributed by atoms with Gasteiger partial charge in [0.25, 0.3) is 0 Å². The molecule has 0 aromatic carbocycles. The number of halogens is 4. The second-order valence-corrected chi connectivity index (χ2v) is 14.6. The van der Waals surface area contributed by atoms with Gasteiger partial charge in [0.15, 0.2) is 0 Å². The van der Waals surface area contributed by atoms with E-state index in [1.54, 1.807) is 0 Å². The van der Waals surface area contributed by atoms with Gasteiger partial charge in [0.2, 0.25) is 6.33 Å². The van der Waals surface area contributed by atoms with Gasteiger partial charge in [-0.25, -0.2) is 9.13 Å². The fourth-order valence-corrected chi connectivity index (χ4v) is 1.36. The van der Waals surface area contributed by atoms with E-state index < -0.39 is 9.20 Å². The number of hydrogen-bond donors (Lipinski definition) is 0. The molecule has 1 aromatic rings. The summed E-state index contributed by atoms with van der Waals surface area (Å²) in [7, 11) is 19.3.